The number of aromatic carboxylic acids is 1. The van der Waals surface area contributed by atoms with E-state index in [1.807, 2.05) is 30.9 Å². The summed E-state index contributed by atoms with van der Waals surface area (Å²) in [5.74, 6) is -0.392. The van der Waals surface area contributed by atoms with Gasteiger partial charge in [0.05, 0.1) is 5.56 Å². The number of carboxylic acids is 1. The van der Waals surface area contributed by atoms with E-state index in [1.54, 1.807) is 12.1 Å². The van der Waals surface area contributed by atoms with E-state index in [0.29, 0.717) is 43.8 Å². The number of nitrogens with zero attached hydrogens (tertiary/aromatic N) is 1. The number of nitrogens with one attached hydrogen (secondary N) is 1. The van der Waals surface area contributed by atoms with E-state index in [1.165, 1.54) is 0 Å². The molecule has 0 aliphatic carbocycles. The van der Waals surface area contributed by atoms with Gasteiger partial charge in [0.2, 0.25) is 11.8 Å². The number of carbonyl (C=O) groups is 3. The monoisotopic (exact) mass is 374 g/mol. The van der Waals surface area contributed by atoms with Crippen LogP contribution in [0.2, 0.25) is 0 Å². The average molecular weight is 374 g/mol. The van der Waals surface area contributed by atoms with Crippen LogP contribution >= 0.6 is 0 Å². The molecule has 1 aliphatic rings. The Balaban J connectivity index is 1.74. The summed E-state index contributed by atoms with van der Waals surface area (Å²) in [6.45, 7) is 5.25. The first-order chi connectivity index (χ1) is 12.9. The Labute approximate surface area is 160 Å². The molecule has 2 rings (SSSR count). The smallest absolute Gasteiger partial charge is 0.335 e. The number of carbonyl (C=O) groups excluding carboxylic acids is 2. The fourth-order valence-electron chi connectivity index (χ4n) is 3.56. The van der Waals surface area contributed by atoms with E-state index < -0.39 is 5.97 Å². The summed E-state index contributed by atoms with van der Waals surface area (Å²) < 4.78 is 0. The first-order valence-electron chi connectivity index (χ1n) is 9.75. The van der Waals surface area contributed by atoms with Crippen LogP contribution in [0.5, 0.6) is 0 Å². The molecule has 2 N–H and O–H groups in total. The number of carboxylic acid groups (broad SMARTS) is 1. The van der Waals surface area contributed by atoms with Crippen LogP contribution in [0.25, 0.3) is 0 Å². The molecule has 1 heterocycles. The largest absolute Gasteiger partial charge is 0.478 e. The van der Waals surface area contributed by atoms with Gasteiger partial charge in [0, 0.05) is 32.0 Å². The van der Waals surface area contributed by atoms with E-state index in [-0.39, 0.29) is 17.9 Å². The van der Waals surface area contributed by atoms with Crippen LogP contribution in [-0.2, 0) is 16.0 Å². The van der Waals surface area contributed by atoms with E-state index in [9.17, 15) is 19.5 Å². The molecule has 0 radical (unpaired) electrons. The number of piperidine rings is 1. The zero-order valence-corrected chi connectivity index (χ0v) is 16.2. The Morgan fingerprint density at radius 2 is 1.81 bits per heavy atom. The Morgan fingerprint density at radius 3 is 2.44 bits per heavy atom. The number of hydrogen-bond acceptors (Lipinski definition) is 3. The number of likely N-dealkylation sites (tertiary alicyclic amines) is 1. The first kappa shape index (κ1) is 20.9. The minimum atomic E-state index is -0.889. The van der Waals surface area contributed by atoms with Gasteiger partial charge in [-0.2, -0.15) is 0 Å². The highest BCUT2D eigenvalue weighted by molar-refractivity contribution is 5.89. The van der Waals surface area contributed by atoms with Crippen LogP contribution in [0.1, 0.15) is 61.9 Å². The van der Waals surface area contributed by atoms with Crippen molar-refractivity contribution >= 4 is 17.8 Å². The van der Waals surface area contributed by atoms with Crippen molar-refractivity contribution in [3.63, 3.8) is 0 Å². The second-order valence-electron chi connectivity index (χ2n) is 7.57. The number of hydrogen-bond donors (Lipinski definition) is 2. The van der Waals surface area contributed by atoms with Crippen LogP contribution in [0.15, 0.2) is 24.3 Å². The lowest BCUT2D eigenvalue weighted by Crippen LogP contribution is -2.39. The topological polar surface area (TPSA) is 86.7 Å². The quantitative estimate of drug-likeness (QED) is 0.732. The highest BCUT2D eigenvalue weighted by Gasteiger charge is 2.24. The molecule has 0 spiro atoms. The van der Waals surface area contributed by atoms with Gasteiger partial charge < -0.3 is 15.3 Å². The van der Waals surface area contributed by atoms with Gasteiger partial charge in [0.1, 0.15) is 0 Å². The van der Waals surface area contributed by atoms with Crippen molar-refractivity contribution in [3.05, 3.63) is 35.4 Å². The fraction of sp³-hybridized carbons (Fsp3) is 0.571. The van der Waals surface area contributed by atoms with E-state index in [4.69, 9.17) is 0 Å². The summed E-state index contributed by atoms with van der Waals surface area (Å²) in [6, 6.07) is 7.26. The van der Waals surface area contributed by atoms with Crippen molar-refractivity contribution in [2.45, 2.75) is 58.4 Å². The molecule has 0 bridgehead atoms. The summed E-state index contributed by atoms with van der Waals surface area (Å²) in [7, 11) is 0. The highest BCUT2D eigenvalue weighted by Crippen LogP contribution is 2.24. The maximum absolute atomic E-state index is 12.3. The lowest BCUT2D eigenvalue weighted by Gasteiger charge is -2.32. The SMILES string of the molecule is CC(C)NC(=O)CCCC(=O)N1CCC(Cc2ccccc2C(=O)O)CC1. The zero-order chi connectivity index (χ0) is 19.8. The van der Waals surface area contributed by atoms with Crippen molar-refractivity contribution in [2.24, 2.45) is 5.92 Å². The molecule has 0 aromatic heterocycles. The predicted octanol–water partition coefficient (Wildman–Crippen LogP) is 2.86. The maximum atomic E-state index is 12.3. The molecular formula is C21H30N2O4. The molecule has 27 heavy (non-hydrogen) atoms. The van der Waals surface area contributed by atoms with Gasteiger partial charge in [-0.3, -0.25) is 9.59 Å². The van der Waals surface area contributed by atoms with Crippen LogP contribution in [0.3, 0.4) is 0 Å². The Kier molecular flexibility index (Phi) is 7.82. The zero-order valence-electron chi connectivity index (χ0n) is 16.2. The second kappa shape index (κ2) is 10.1. The molecule has 1 fully saturated rings. The summed E-state index contributed by atoms with van der Waals surface area (Å²) in [6.07, 6.45) is 3.86. The van der Waals surface area contributed by atoms with Crippen LogP contribution < -0.4 is 5.32 Å². The number of benzene rings is 1. The van der Waals surface area contributed by atoms with Gasteiger partial charge in [0.15, 0.2) is 0 Å². The Morgan fingerprint density at radius 1 is 1.15 bits per heavy atom. The van der Waals surface area contributed by atoms with E-state index in [2.05, 4.69) is 5.32 Å². The van der Waals surface area contributed by atoms with Gasteiger partial charge in [-0.15, -0.1) is 0 Å². The molecule has 0 atom stereocenters. The molecule has 148 valence electrons. The van der Waals surface area contributed by atoms with Gasteiger partial charge >= 0.3 is 5.97 Å². The normalized spacial score (nSPS) is 15.0. The van der Waals surface area contributed by atoms with Crippen LogP contribution in [0.4, 0.5) is 0 Å². The minimum Gasteiger partial charge on any atom is -0.478 e. The predicted molar refractivity (Wildman–Crippen MR) is 104 cm³/mol. The number of amides is 2. The van der Waals surface area contributed by atoms with Gasteiger partial charge in [0.25, 0.3) is 0 Å². The lowest BCUT2D eigenvalue weighted by atomic mass is 9.88. The van der Waals surface area contributed by atoms with Crippen molar-refractivity contribution < 1.29 is 19.5 Å². The summed E-state index contributed by atoms with van der Waals surface area (Å²) in [5.41, 5.74) is 1.24. The lowest BCUT2D eigenvalue weighted by molar-refractivity contribution is -0.132. The molecule has 1 aliphatic heterocycles. The Bertz CT molecular complexity index is 664. The van der Waals surface area contributed by atoms with Crippen molar-refractivity contribution in [3.8, 4) is 0 Å². The molecule has 6 nitrogen and oxygen atoms in total. The van der Waals surface area contributed by atoms with Gasteiger partial charge in [-0.1, -0.05) is 18.2 Å². The van der Waals surface area contributed by atoms with Crippen molar-refractivity contribution in [2.75, 3.05) is 13.1 Å². The molecule has 1 saturated heterocycles. The minimum absolute atomic E-state index is 0.00592. The molecule has 6 heteroatoms. The molecular weight excluding hydrogens is 344 g/mol. The first-order valence-corrected chi connectivity index (χ1v) is 9.75. The summed E-state index contributed by atoms with van der Waals surface area (Å²) >= 11 is 0. The van der Waals surface area contributed by atoms with Crippen LogP contribution in [-0.4, -0.2) is 46.9 Å². The maximum Gasteiger partial charge on any atom is 0.335 e. The second-order valence-corrected chi connectivity index (χ2v) is 7.57. The molecule has 1 aromatic rings. The fourth-order valence-corrected chi connectivity index (χ4v) is 3.56. The van der Waals surface area contributed by atoms with E-state index >= 15 is 0 Å². The molecule has 2 amide bonds. The molecule has 0 saturated carbocycles. The van der Waals surface area contributed by atoms with Crippen molar-refractivity contribution in [1.82, 2.24) is 10.2 Å². The van der Waals surface area contributed by atoms with Gasteiger partial charge in [-0.05, 0) is 57.1 Å². The third-order valence-corrected chi connectivity index (χ3v) is 4.97. The summed E-state index contributed by atoms with van der Waals surface area (Å²) in [4.78, 5) is 37.2. The highest BCUT2D eigenvalue weighted by atomic mass is 16.4. The van der Waals surface area contributed by atoms with E-state index in [0.717, 1.165) is 24.8 Å². The molecule has 0 unspecified atom stereocenters. The van der Waals surface area contributed by atoms with Crippen molar-refractivity contribution in [1.29, 1.82) is 0 Å². The average Bonchev–Trinajstić information content (AvgIpc) is 2.62. The standard InChI is InChI=1S/C21H30N2O4/c1-15(2)22-19(24)8-5-9-20(25)23-12-10-16(11-13-23)14-17-6-3-4-7-18(17)21(26)27/h3-4,6-7,15-16H,5,8-14H2,1-2H3,(H,22,24)(H,26,27). The third kappa shape index (κ3) is 6.70. The molecule has 1 aromatic carbocycles. The van der Waals surface area contributed by atoms with Gasteiger partial charge in [-0.25, -0.2) is 4.79 Å². The summed E-state index contributed by atoms with van der Waals surface area (Å²) in [5, 5.41) is 12.1. The number of rotatable bonds is 8. The third-order valence-electron chi connectivity index (χ3n) is 4.97. The van der Waals surface area contributed by atoms with Crippen LogP contribution in [0, 0.1) is 5.92 Å². The Hall–Kier alpha value is -2.37.